The number of hydrogen-bond donors (Lipinski definition) is 0. The quantitative estimate of drug-likeness (QED) is 0.426. The molecule has 0 atom stereocenters. The van der Waals surface area contributed by atoms with Gasteiger partial charge < -0.3 is 0 Å². The number of alkyl halides is 1. The van der Waals surface area contributed by atoms with E-state index in [2.05, 4.69) is 0 Å². The summed E-state index contributed by atoms with van der Waals surface area (Å²) in [4.78, 5) is 1.76. The van der Waals surface area contributed by atoms with Crippen molar-refractivity contribution in [3.05, 3.63) is 0 Å². The standard InChI is InChI=1S/C4H8FN/c5-4-6-2-1-3-6/h1-4H2. The van der Waals surface area contributed by atoms with Crippen LogP contribution in [0.3, 0.4) is 0 Å². The lowest BCUT2D eigenvalue weighted by Gasteiger charge is -2.26. The van der Waals surface area contributed by atoms with E-state index in [9.17, 15) is 4.39 Å². The van der Waals surface area contributed by atoms with Gasteiger partial charge in [-0.1, -0.05) is 0 Å². The van der Waals surface area contributed by atoms with Gasteiger partial charge in [0.05, 0.1) is 0 Å². The van der Waals surface area contributed by atoms with E-state index in [0.717, 1.165) is 13.1 Å². The molecule has 1 rings (SSSR count). The highest BCUT2D eigenvalue weighted by molar-refractivity contribution is 4.63. The highest BCUT2D eigenvalue weighted by Gasteiger charge is 2.10. The summed E-state index contributed by atoms with van der Waals surface area (Å²) in [5, 5.41) is 0. The van der Waals surface area contributed by atoms with Crippen molar-refractivity contribution in [1.82, 2.24) is 4.90 Å². The average Bonchev–Trinajstić information content (AvgIpc) is 1.31. The molecule has 0 aromatic carbocycles. The van der Waals surface area contributed by atoms with Crippen molar-refractivity contribution in [3.63, 3.8) is 0 Å². The van der Waals surface area contributed by atoms with Gasteiger partial charge in [0.15, 0.2) is 0 Å². The Morgan fingerprint density at radius 1 is 1.50 bits per heavy atom. The predicted octanol–water partition coefficient (Wildman–Crippen LogP) is 0.619. The minimum Gasteiger partial charge on any atom is -0.276 e. The molecule has 2 heteroatoms. The third-order valence-electron chi connectivity index (χ3n) is 1.12. The number of halogens is 1. The number of likely N-dealkylation sites (tertiary alicyclic amines) is 1. The van der Waals surface area contributed by atoms with E-state index in [0.29, 0.717) is 0 Å². The second-order valence-electron chi connectivity index (χ2n) is 1.59. The second kappa shape index (κ2) is 1.56. The highest BCUT2D eigenvalue weighted by atomic mass is 19.1. The third kappa shape index (κ3) is 0.522. The van der Waals surface area contributed by atoms with Gasteiger partial charge in [-0.3, -0.25) is 4.90 Å². The Balaban J connectivity index is 2.01. The van der Waals surface area contributed by atoms with Crippen LogP contribution in [0.2, 0.25) is 0 Å². The van der Waals surface area contributed by atoms with Gasteiger partial charge in [0.2, 0.25) is 0 Å². The molecule has 1 aliphatic rings. The molecule has 0 spiro atoms. The van der Waals surface area contributed by atoms with E-state index in [1.807, 2.05) is 0 Å². The third-order valence-corrected chi connectivity index (χ3v) is 1.12. The minimum atomic E-state index is -0.250. The molecule has 0 N–H and O–H groups in total. The highest BCUT2D eigenvalue weighted by Crippen LogP contribution is 2.03. The molecule has 0 bridgehead atoms. The van der Waals surface area contributed by atoms with Crippen molar-refractivity contribution < 1.29 is 4.39 Å². The van der Waals surface area contributed by atoms with Gasteiger partial charge in [-0.2, -0.15) is 0 Å². The zero-order valence-corrected chi connectivity index (χ0v) is 3.65. The van der Waals surface area contributed by atoms with Gasteiger partial charge in [-0.15, -0.1) is 0 Å². The SMILES string of the molecule is FCN1CCC1. The van der Waals surface area contributed by atoms with E-state index in [1.54, 1.807) is 4.90 Å². The fourth-order valence-corrected chi connectivity index (χ4v) is 0.501. The topological polar surface area (TPSA) is 3.24 Å². The summed E-state index contributed by atoms with van der Waals surface area (Å²) in [6.07, 6.45) is 1.18. The fraction of sp³-hybridized carbons (Fsp3) is 1.00. The van der Waals surface area contributed by atoms with Crippen molar-refractivity contribution in [3.8, 4) is 0 Å². The summed E-state index contributed by atoms with van der Waals surface area (Å²) in [5.41, 5.74) is 0. The second-order valence-corrected chi connectivity index (χ2v) is 1.59. The van der Waals surface area contributed by atoms with Gasteiger partial charge in [-0.05, 0) is 6.42 Å². The Morgan fingerprint density at radius 3 is 2.17 bits per heavy atom. The van der Waals surface area contributed by atoms with Crippen LogP contribution in [0, 0.1) is 0 Å². The molecule has 0 aliphatic carbocycles. The van der Waals surface area contributed by atoms with Crippen molar-refractivity contribution in [2.75, 3.05) is 19.9 Å². The monoisotopic (exact) mass is 89.1 g/mol. The average molecular weight is 89.1 g/mol. The van der Waals surface area contributed by atoms with Crippen LogP contribution >= 0.6 is 0 Å². The summed E-state index contributed by atoms with van der Waals surface area (Å²) in [6.45, 7) is 1.69. The molecule has 1 aliphatic heterocycles. The normalized spacial score (nSPS) is 23.5. The molecule has 36 valence electrons. The summed E-state index contributed by atoms with van der Waals surface area (Å²) in [6, 6.07) is 0. The van der Waals surface area contributed by atoms with Crippen LogP contribution < -0.4 is 0 Å². The van der Waals surface area contributed by atoms with E-state index in [4.69, 9.17) is 0 Å². The maximum atomic E-state index is 11.4. The summed E-state index contributed by atoms with van der Waals surface area (Å²) in [5.74, 6) is 0. The van der Waals surface area contributed by atoms with Crippen LogP contribution in [-0.4, -0.2) is 24.8 Å². The smallest absolute Gasteiger partial charge is 0.143 e. The first-order valence-corrected chi connectivity index (χ1v) is 2.22. The first kappa shape index (κ1) is 4.06. The fourth-order valence-electron chi connectivity index (χ4n) is 0.501. The van der Waals surface area contributed by atoms with E-state index >= 15 is 0 Å². The predicted molar refractivity (Wildman–Crippen MR) is 22.2 cm³/mol. The van der Waals surface area contributed by atoms with Crippen molar-refractivity contribution >= 4 is 0 Å². The minimum absolute atomic E-state index is 0.250. The van der Waals surface area contributed by atoms with Crippen LogP contribution in [0.5, 0.6) is 0 Å². The Bertz CT molecular complexity index is 40.1. The maximum Gasteiger partial charge on any atom is 0.143 e. The largest absolute Gasteiger partial charge is 0.276 e. The van der Waals surface area contributed by atoms with Gasteiger partial charge >= 0.3 is 0 Å². The Hall–Kier alpha value is -0.110. The molecular weight excluding hydrogens is 81.0 g/mol. The number of hydrogen-bond acceptors (Lipinski definition) is 1. The van der Waals surface area contributed by atoms with Crippen LogP contribution in [0.4, 0.5) is 4.39 Å². The molecule has 0 unspecified atom stereocenters. The molecule has 0 aromatic heterocycles. The molecule has 1 saturated heterocycles. The van der Waals surface area contributed by atoms with Crippen molar-refractivity contribution in [2.24, 2.45) is 0 Å². The van der Waals surface area contributed by atoms with E-state index in [-0.39, 0.29) is 6.80 Å². The first-order chi connectivity index (χ1) is 2.93. The van der Waals surface area contributed by atoms with Crippen molar-refractivity contribution in [2.45, 2.75) is 6.42 Å². The lowest BCUT2D eigenvalue weighted by molar-refractivity contribution is 0.116. The zero-order chi connectivity index (χ0) is 4.41. The Labute approximate surface area is 36.8 Å². The van der Waals surface area contributed by atoms with Crippen molar-refractivity contribution in [1.29, 1.82) is 0 Å². The number of nitrogens with zero attached hydrogens (tertiary/aromatic N) is 1. The summed E-state index contributed by atoms with van der Waals surface area (Å²) >= 11 is 0. The zero-order valence-electron chi connectivity index (χ0n) is 3.65. The van der Waals surface area contributed by atoms with Gasteiger partial charge in [-0.25, -0.2) is 4.39 Å². The lowest BCUT2D eigenvalue weighted by Crippen LogP contribution is -2.35. The van der Waals surface area contributed by atoms with Crippen LogP contribution in [0.1, 0.15) is 6.42 Å². The lowest BCUT2D eigenvalue weighted by atomic mass is 10.2. The summed E-state index contributed by atoms with van der Waals surface area (Å²) in [7, 11) is 0. The molecule has 1 nitrogen and oxygen atoms in total. The van der Waals surface area contributed by atoms with E-state index < -0.39 is 0 Å². The maximum absolute atomic E-state index is 11.4. The summed E-state index contributed by atoms with van der Waals surface area (Å²) < 4.78 is 11.4. The first-order valence-electron chi connectivity index (χ1n) is 2.22. The molecule has 1 heterocycles. The van der Waals surface area contributed by atoms with Gasteiger partial charge in [0.1, 0.15) is 6.80 Å². The molecule has 0 aromatic rings. The van der Waals surface area contributed by atoms with Crippen LogP contribution in [0.15, 0.2) is 0 Å². The molecule has 0 radical (unpaired) electrons. The van der Waals surface area contributed by atoms with Gasteiger partial charge in [0.25, 0.3) is 0 Å². The van der Waals surface area contributed by atoms with Crippen LogP contribution in [-0.2, 0) is 0 Å². The van der Waals surface area contributed by atoms with Crippen LogP contribution in [0.25, 0.3) is 0 Å². The molecule has 1 fully saturated rings. The Morgan fingerprint density at radius 2 is 2.17 bits per heavy atom. The molecule has 6 heavy (non-hydrogen) atoms. The molecule has 0 saturated carbocycles. The van der Waals surface area contributed by atoms with Gasteiger partial charge in [0, 0.05) is 13.1 Å². The Kier molecular flexibility index (Phi) is 1.05. The molecular formula is C4H8FN. The molecule has 0 amide bonds. The van der Waals surface area contributed by atoms with E-state index in [1.165, 1.54) is 6.42 Å². The number of rotatable bonds is 1.